The summed E-state index contributed by atoms with van der Waals surface area (Å²) in [6.07, 6.45) is 0. The van der Waals surface area contributed by atoms with E-state index in [1.165, 1.54) is 7.11 Å². The molecule has 1 radical (unpaired) electrons. The number of hydrogen-bond acceptors (Lipinski definition) is 3. The smallest absolute Gasteiger partial charge is 0.343 e. The zero-order valence-electron chi connectivity index (χ0n) is 7.04. The lowest BCUT2D eigenvalue weighted by Gasteiger charge is -2.03. The molecular weight excluding hydrogens is 236 g/mol. The van der Waals surface area contributed by atoms with Gasteiger partial charge in [-0.15, -0.1) is 0 Å². The molecule has 0 aromatic heterocycles. The van der Waals surface area contributed by atoms with E-state index in [4.69, 9.17) is 4.74 Å². The van der Waals surface area contributed by atoms with E-state index in [-0.39, 0.29) is 6.61 Å². The minimum atomic E-state index is -0.406. The van der Waals surface area contributed by atoms with Crippen LogP contribution in [-0.4, -0.2) is 19.7 Å². The van der Waals surface area contributed by atoms with Crippen LogP contribution in [0.1, 0.15) is 0 Å². The maximum atomic E-state index is 10.7. The fraction of sp³-hybridized carbons (Fsp3) is 0.222. The van der Waals surface area contributed by atoms with Crippen molar-refractivity contribution in [2.24, 2.45) is 0 Å². The molecule has 1 aromatic rings. The molecule has 4 heteroatoms. The lowest BCUT2D eigenvalue weighted by molar-refractivity contribution is -0.142. The minimum absolute atomic E-state index is 0.0887. The second-order valence-corrected chi connectivity index (χ2v) is 3.15. The van der Waals surface area contributed by atoms with Crippen LogP contribution in [0.25, 0.3) is 0 Å². The van der Waals surface area contributed by atoms with Gasteiger partial charge in [-0.05, 0) is 18.2 Å². The number of carbonyl (C=O) groups is 1. The largest absolute Gasteiger partial charge is 0.481 e. The summed E-state index contributed by atoms with van der Waals surface area (Å²) in [5, 5.41) is 0. The first-order valence-corrected chi connectivity index (χ1v) is 4.38. The lowest BCUT2D eigenvalue weighted by Crippen LogP contribution is -2.12. The lowest BCUT2D eigenvalue weighted by atomic mass is 10.3. The molecule has 0 aliphatic rings. The maximum Gasteiger partial charge on any atom is 0.343 e. The Balaban J connectivity index is 2.46. The van der Waals surface area contributed by atoms with Crippen molar-refractivity contribution in [3.63, 3.8) is 0 Å². The van der Waals surface area contributed by atoms with E-state index in [0.717, 1.165) is 4.47 Å². The van der Waals surface area contributed by atoms with Crippen LogP contribution in [0.2, 0.25) is 0 Å². The molecule has 0 atom stereocenters. The molecule has 69 valence electrons. The molecule has 0 aliphatic carbocycles. The van der Waals surface area contributed by atoms with E-state index in [1.807, 2.05) is 6.07 Å². The summed E-state index contributed by atoms with van der Waals surface area (Å²) in [5.41, 5.74) is 0. The van der Waals surface area contributed by atoms with Gasteiger partial charge in [-0.25, -0.2) is 4.79 Å². The van der Waals surface area contributed by atoms with Crippen LogP contribution in [0.5, 0.6) is 5.75 Å². The number of esters is 1. The van der Waals surface area contributed by atoms with Crippen LogP contribution < -0.4 is 4.74 Å². The molecular formula is C9H8BrO3. The highest BCUT2D eigenvalue weighted by atomic mass is 79.9. The number of methoxy groups -OCH3 is 1. The highest BCUT2D eigenvalue weighted by molar-refractivity contribution is 9.10. The van der Waals surface area contributed by atoms with Crippen LogP contribution in [0.3, 0.4) is 0 Å². The summed E-state index contributed by atoms with van der Waals surface area (Å²) in [4.78, 5) is 10.7. The van der Waals surface area contributed by atoms with Crippen molar-refractivity contribution in [2.45, 2.75) is 0 Å². The quantitative estimate of drug-likeness (QED) is 0.760. The molecule has 0 unspecified atom stereocenters. The van der Waals surface area contributed by atoms with Crippen LogP contribution in [-0.2, 0) is 9.53 Å². The summed E-state index contributed by atoms with van der Waals surface area (Å²) in [7, 11) is 1.32. The van der Waals surface area contributed by atoms with Crippen molar-refractivity contribution in [3.8, 4) is 5.75 Å². The Hall–Kier alpha value is -1.03. The third kappa shape index (κ3) is 3.46. The predicted octanol–water partition coefficient (Wildman–Crippen LogP) is 1.80. The van der Waals surface area contributed by atoms with Gasteiger partial charge in [0.25, 0.3) is 0 Å². The third-order valence-electron chi connectivity index (χ3n) is 1.32. The van der Waals surface area contributed by atoms with Gasteiger partial charge in [0.1, 0.15) is 5.75 Å². The fourth-order valence-corrected chi connectivity index (χ4v) is 0.924. The zero-order chi connectivity index (χ0) is 9.68. The van der Waals surface area contributed by atoms with Gasteiger partial charge in [0.05, 0.1) is 7.11 Å². The Bertz CT molecular complexity index is 281. The normalized spacial score (nSPS) is 9.38. The van der Waals surface area contributed by atoms with Gasteiger partial charge in [-0.3, -0.25) is 0 Å². The number of ether oxygens (including phenoxy) is 2. The van der Waals surface area contributed by atoms with Crippen LogP contribution in [0.4, 0.5) is 0 Å². The highest BCUT2D eigenvalue weighted by Crippen LogP contribution is 2.14. The highest BCUT2D eigenvalue weighted by Gasteiger charge is 2.00. The fourth-order valence-electron chi connectivity index (χ4n) is 0.677. The first kappa shape index (κ1) is 10.1. The number of carbonyl (C=O) groups excluding carboxylic acids is 1. The van der Waals surface area contributed by atoms with Gasteiger partial charge in [-0.2, -0.15) is 0 Å². The average Bonchev–Trinajstić information content (AvgIpc) is 2.16. The molecule has 13 heavy (non-hydrogen) atoms. The van der Waals surface area contributed by atoms with E-state index < -0.39 is 5.97 Å². The Labute approximate surface area is 84.8 Å². The van der Waals surface area contributed by atoms with Crippen molar-refractivity contribution in [1.82, 2.24) is 0 Å². The second-order valence-electron chi connectivity index (χ2n) is 2.24. The molecule has 0 N–H and O–H groups in total. The Kier molecular flexibility index (Phi) is 3.76. The molecule has 0 fully saturated rings. The molecule has 0 saturated carbocycles. The number of benzene rings is 1. The molecule has 3 nitrogen and oxygen atoms in total. The van der Waals surface area contributed by atoms with Crippen molar-refractivity contribution >= 4 is 21.9 Å². The Morgan fingerprint density at radius 1 is 1.62 bits per heavy atom. The van der Waals surface area contributed by atoms with Gasteiger partial charge in [0.15, 0.2) is 6.61 Å². The van der Waals surface area contributed by atoms with Crippen molar-refractivity contribution < 1.29 is 14.3 Å². The number of halogens is 1. The molecule has 0 saturated heterocycles. The van der Waals surface area contributed by atoms with Crippen molar-refractivity contribution in [3.05, 3.63) is 28.7 Å². The predicted molar refractivity (Wildman–Crippen MR) is 50.5 cm³/mol. The van der Waals surface area contributed by atoms with Gasteiger partial charge >= 0.3 is 5.97 Å². The molecule has 1 aromatic carbocycles. The summed E-state index contributed by atoms with van der Waals surface area (Å²) < 4.78 is 10.4. The molecule has 0 amide bonds. The number of rotatable bonds is 3. The molecule has 0 heterocycles. The third-order valence-corrected chi connectivity index (χ3v) is 1.81. The maximum absolute atomic E-state index is 10.7. The van der Waals surface area contributed by atoms with E-state index in [1.54, 1.807) is 12.1 Å². The minimum Gasteiger partial charge on any atom is -0.481 e. The van der Waals surface area contributed by atoms with Crippen LogP contribution in [0, 0.1) is 6.07 Å². The summed E-state index contributed by atoms with van der Waals surface area (Å²) in [5.74, 6) is 0.116. The summed E-state index contributed by atoms with van der Waals surface area (Å²) in [6.45, 7) is -0.0887. The van der Waals surface area contributed by atoms with Gasteiger partial charge in [-0.1, -0.05) is 15.9 Å². The summed E-state index contributed by atoms with van der Waals surface area (Å²) in [6, 6.07) is 8.08. The first-order valence-electron chi connectivity index (χ1n) is 3.59. The van der Waals surface area contributed by atoms with Gasteiger partial charge in [0, 0.05) is 10.5 Å². The van der Waals surface area contributed by atoms with Crippen LogP contribution >= 0.6 is 15.9 Å². The summed E-state index contributed by atoms with van der Waals surface area (Å²) >= 11 is 3.26. The van der Waals surface area contributed by atoms with Gasteiger partial charge in [0.2, 0.25) is 0 Å². The molecule has 0 bridgehead atoms. The standard InChI is InChI=1S/C9H8BrO3/c1-12-9(11)6-13-8-4-2-7(10)3-5-8/h2-4H,6H2,1H3. The van der Waals surface area contributed by atoms with Crippen molar-refractivity contribution in [2.75, 3.05) is 13.7 Å². The van der Waals surface area contributed by atoms with E-state index in [0.29, 0.717) is 5.75 Å². The van der Waals surface area contributed by atoms with Gasteiger partial charge < -0.3 is 9.47 Å². The second kappa shape index (κ2) is 4.87. The zero-order valence-corrected chi connectivity index (χ0v) is 8.63. The SMILES string of the molecule is COC(=O)COc1[c]cc(Br)cc1. The van der Waals surface area contributed by atoms with E-state index in [2.05, 4.69) is 26.7 Å². The molecule has 1 rings (SSSR count). The van der Waals surface area contributed by atoms with Crippen molar-refractivity contribution in [1.29, 1.82) is 0 Å². The van der Waals surface area contributed by atoms with E-state index in [9.17, 15) is 4.79 Å². The number of hydrogen-bond donors (Lipinski definition) is 0. The molecule has 0 spiro atoms. The molecule has 0 aliphatic heterocycles. The van der Waals surface area contributed by atoms with E-state index >= 15 is 0 Å². The Morgan fingerprint density at radius 2 is 2.38 bits per heavy atom. The topological polar surface area (TPSA) is 35.5 Å². The Morgan fingerprint density at radius 3 is 2.92 bits per heavy atom. The van der Waals surface area contributed by atoms with Crippen LogP contribution in [0.15, 0.2) is 22.7 Å². The first-order chi connectivity index (χ1) is 6.22. The monoisotopic (exact) mass is 243 g/mol. The average molecular weight is 244 g/mol.